The summed E-state index contributed by atoms with van der Waals surface area (Å²) in [4.78, 5) is 16.6. The minimum absolute atomic E-state index is 0.555. The largest absolute Gasteiger partial charge is 0.378 e. The summed E-state index contributed by atoms with van der Waals surface area (Å²) in [6.07, 6.45) is 1.78. The lowest BCUT2D eigenvalue weighted by Crippen LogP contribution is -2.37. The Hall–Kier alpha value is -3.79. The van der Waals surface area contributed by atoms with Crippen LogP contribution in [0.1, 0.15) is 22.6 Å². The zero-order chi connectivity index (χ0) is 22.9. The lowest BCUT2D eigenvalue weighted by molar-refractivity contribution is 0.122. The Morgan fingerprint density at radius 2 is 1.88 bits per heavy atom. The van der Waals surface area contributed by atoms with Crippen LogP contribution in [0.4, 0.5) is 11.8 Å². The van der Waals surface area contributed by atoms with Crippen LogP contribution >= 0.6 is 0 Å². The number of rotatable bonds is 5. The van der Waals surface area contributed by atoms with Gasteiger partial charge in [-0.05, 0) is 26.3 Å². The number of ether oxygens (including phenoxy) is 1. The van der Waals surface area contributed by atoms with E-state index in [9.17, 15) is 0 Å². The highest BCUT2D eigenvalue weighted by molar-refractivity contribution is 5.87. The molecule has 1 saturated heterocycles. The van der Waals surface area contributed by atoms with Crippen molar-refractivity contribution in [2.45, 2.75) is 20.8 Å². The zero-order valence-electron chi connectivity index (χ0n) is 19.3. The van der Waals surface area contributed by atoms with Crippen LogP contribution in [-0.2, 0) is 11.8 Å². The van der Waals surface area contributed by atoms with Crippen molar-refractivity contribution >= 4 is 29.1 Å². The number of benzene rings is 1. The Balaban J connectivity index is 1.59. The highest BCUT2D eigenvalue weighted by Gasteiger charge is 2.22. The van der Waals surface area contributed by atoms with Crippen molar-refractivity contribution in [2.24, 2.45) is 12.1 Å². The molecule has 170 valence electrons. The summed E-state index contributed by atoms with van der Waals surface area (Å²) in [5.41, 5.74) is 7.68. The van der Waals surface area contributed by atoms with Gasteiger partial charge in [-0.15, -0.1) is 0 Å². The third-order valence-electron chi connectivity index (χ3n) is 5.71. The van der Waals surface area contributed by atoms with Crippen LogP contribution in [0.25, 0.3) is 17.0 Å². The predicted octanol–water partition coefficient (Wildman–Crippen LogP) is 2.76. The fraction of sp³-hybridized carbons (Fsp3) is 0.348. The first-order valence-corrected chi connectivity index (χ1v) is 11.0. The normalized spacial score (nSPS) is 14.5. The van der Waals surface area contributed by atoms with Crippen molar-refractivity contribution in [3.63, 3.8) is 0 Å². The molecular weight excluding hydrogens is 418 g/mol. The van der Waals surface area contributed by atoms with Crippen molar-refractivity contribution in [1.82, 2.24) is 29.3 Å². The molecule has 1 aromatic carbocycles. The van der Waals surface area contributed by atoms with Crippen LogP contribution in [0.2, 0.25) is 0 Å². The van der Waals surface area contributed by atoms with Crippen molar-refractivity contribution in [2.75, 3.05) is 36.6 Å². The third kappa shape index (κ3) is 4.17. The molecule has 33 heavy (non-hydrogen) atoms. The van der Waals surface area contributed by atoms with Gasteiger partial charge < -0.3 is 9.64 Å². The molecule has 1 aliphatic rings. The van der Waals surface area contributed by atoms with Crippen LogP contribution in [-0.4, -0.2) is 61.8 Å². The summed E-state index contributed by atoms with van der Waals surface area (Å²) in [5.74, 6) is 2.73. The summed E-state index contributed by atoms with van der Waals surface area (Å²) in [6, 6.07) is 10.2. The van der Waals surface area contributed by atoms with Gasteiger partial charge in [0.25, 0.3) is 0 Å². The molecule has 1 fully saturated rings. The van der Waals surface area contributed by atoms with Crippen LogP contribution in [0.3, 0.4) is 0 Å². The second kappa shape index (κ2) is 8.62. The Bertz CT molecular complexity index is 1310. The summed E-state index contributed by atoms with van der Waals surface area (Å²) in [7, 11) is 1.93. The topological polar surface area (TPSA) is 98.3 Å². The van der Waals surface area contributed by atoms with E-state index in [0.717, 1.165) is 36.0 Å². The molecule has 1 aliphatic heterocycles. The summed E-state index contributed by atoms with van der Waals surface area (Å²) < 4.78 is 9.31. The van der Waals surface area contributed by atoms with Gasteiger partial charge in [0.05, 0.1) is 19.4 Å². The van der Waals surface area contributed by atoms with E-state index in [2.05, 4.69) is 39.6 Å². The minimum Gasteiger partial charge on any atom is -0.378 e. The molecule has 5 rings (SSSR count). The molecule has 10 heteroatoms. The third-order valence-corrected chi connectivity index (χ3v) is 5.71. The molecule has 0 aliphatic carbocycles. The van der Waals surface area contributed by atoms with E-state index in [0.29, 0.717) is 36.1 Å². The Labute approximate surface area is 191 Å². The van der Waals surface area contributed by atoms with Gasteiger partial charge in [-0.25, -0.2) is 4.98 Å². The average molecular weight is 446 g/mol. The van der Waals surface area contributed by atoms with Crippen LogP contribution in [0, 0.1) is 20.8 Å². The first-order valence-electron chi connectivity index (χ1n) is 11.0. The van der Waals surface area contributed by atoms with Crippen molar-refractivity contribution in [3.05, 3.63) is 53.0 Å². The van der Waals surface area contributed by atoms with E-state index in [1.165, 1.54) is 5.56 Å². The molecule has 0 saturated carbocycles. The number of aryl methyl sites for hydroxylation is 4. The molecule has 0 amide bonds. The maximum Gasteiger partial charge on any atom is 0.229 e. The lowest BCUT2D eigenvalue weighted by atomic mass is 10.2. The van der Waals surface area contributed by atoms with Crippen LogP contribution in [0.15, 0.2) is 35.4 Å². The van der Waals surface area contributed by atoms with E-state index in [1.54, 1.807) is 6.21 Å². The first kappa shape index (κ1) is 21.1. The number of fused-ring (bicyclic) bond motifs is 1. The van der Waals surface area contributed by atoms with Crippen LogP contribution in [0.5, 0.6) is 0 Å². The van der Waals surface area contributed by atoms with Crippen molar-refractivity contribution in [3.8, 4) is 5.82 Å². The van der Waals surface area contributed by atoms with Gasteiger partial charge in [0.15, 0.2) is 22.8 Å². The van der Waals surface area contributed by atoms with E-state index in [4.69, 9.17) is 19.7 Å². The van der Waals surface area contributed by atoms with Gasteiger partial charge in [-0.1, -0.05) is 29.8 Å². The average Bonchev–Trinajstić information content (AvgIpc) is 3.32. The van der Waals surface area contributed by atoms with Gasteiger partial charge in [-0.3, -0.25) is 14.7 Å². The highest BCUT2D eigenvalue weighted by atomic mass is 16.5. The monoisotopic (exact) mass is 445 g/mol. The van der Waals surface area contributed by atoms with E-state index in [-0.39, 0.29) is 0 Å². The summed E-state index contributed by atoms with van der Waals surface area (Å²) in [5, 5.41) is 9.08. The van der Waals surface area contributed by atoms with Gasteiger partial charge in [-0.2, -0.15) is 20.2 Å². The number of anilines is 2. The highest BCUT2D eigenvalue weighted by Crippen LogP contribution is 2.27. The number of nitrogens with zero attached hydrogens (tertiary/aromatic N) is 8. The van der Waals surface area contributed by atoms with Gasteiger partial charge in [0.2, 0.25) is 5.95 Å². The fourth-order valence-corrected chi connectivity index (χ4v) is 3.88. The van der Waals surface area contributed by atoms with Crippen molar-refractivity contribution in [1.29, 1.82) is 0 Å². The smallest absolute Gasteiger partial charge is 0.229 e. The first-order chi connectivity index (χ1) is 16.0. The number of morpholine rings is 1. The molecule has 10 nitrogen and oxygen atoms in total. The fourth-order valence-electron chi connectivity index (χ4n) is 3.88. The van der Waals surface area contributed by atoms with Crippen molar-refractivity contribution < 1.29 is 4.74 Å². The van der Waals surface area contributed by atoms with E-state index < -0.39 is 0 Å². The Morgan fingerprint density at radius 3 is 2.61 bits per heavy atom. The number of hydrogen-bond acceptors (Lipinski definition) is 8. The quantitative estimate of drug-likeness (QED) is 0.373. The maximum atomic E-state index is 5.51. The number of hydrazone groups is 1. The molecule has 1 N–H and O–H groups in total. The maximum absolute atomic E-state index is 5.51. The summed E-state index contributed by atoms with van der Waals surface area (Å²) >= 11 is 0. The molecule has 3 aromatic heterocycles. The Kier molecular flexibility index (Phi) is 5.51. The minimum atomic E-state index is 0.555. The van der Waals surface area contributed by atoms with Gasteiger partial charge in [0.1, 0.15) is 5.82 Å². The number of hydrogen-bond donors (Lipinski definition) is 1. The molecule has 0 radical (unpaired) electrons. The van der Waals surface area contributed by atoms with Crippen LogP contribution < -0.4 is 10.3 Å². The number of imidazole rings is 1. The second-order valence-corrected chi connectivity index (χ2v) is 8.19. The second-order valence-electron chi connectivity index (χ2n) is 8.19. The molecule has 4 aromatic rings. The molecule has 0 spiro atoms. The van der Waals surface area contributed by atoms with Gasteiger partial charge in [0, 0.05) is 31.9 Å². The molecular formula is C23H27N9O. The van der Waals surface area contributed by atoms with Gasteiger partial charge >= 0.3 is 0 Å². The van der Waals surface area contributed by atoms with E-state index >= 15 is 0 Å². The Morgan fingerprint density at radius 1 is 1.06 bits per heavy atom. The standard InChI is InChI=1S/C23H27N9O/c1-15-6-5-7-18(12-15)14-24-28-21-20-22(27-23(26-21)31-8-10-33-11-9-31)32(17(3)25-20)19-13-16(2)30(4)29-19/h5-7,12-14H,8-11H2,1-4H3,(H,26,27,28)/b24-14+. The lowest BCUT2D eigenvalue weighted by Gasteiger charge is -2.27. The van der Waals surface area contributed by atoms with E-state index in [1.807, 2.05) is 48.3 Å². The molecule has 4 heterocycles. The summed E-state index contributed by atoms with van der Waals surface area (Å²) in [6.45, 7) is 8.77. The molecule has 0 bridgehead atoms. The molecule has 0 unspecified atom stereocenters. The zero-order valence-corrected chi connectivity index (χ0v) is 19.3. The number of nitrogens with one attached hydrogen (secondary N) is 1. The predicted molar refractivity (Wildman–Crippen MR) is 128 cm³/mol. The molecule has 0 atom stereocenters. The number of aromatic nitrogens is 6. The SMILES string of the molecule is Cc1cccc(/C=N/Nc2nc(N3CCOCC3)nc3c2nc(C)n3-c2cc(C)n(C)n2)c1.